The molecule has 1 heterocycles. The van der Waals surface area contributed by atoms with Crippen LogP contribution in [0.15, 0.2) is 48.2 Å². The molecule has 1 aliphatic heterocycles. The molecule has 23 heavy (non-hydrogen) atoms. The number of halogens is 3. The van der Waals surface area contributed by atoms with Crippen molar-refractivity contribution in [3.8, 4) is 11.8 Å². The second-order valence-electron chi connectivity index (χ2n) is 4.94. The summed E-state index contributed by atoms with van der Waals surface area (Å²) in [5.41, 5.74) is 1.63. The minimum absolute atomic E-state index is 0.167. The van der Waals surface area contributed by atoms with E-state index in [-0.39, 0.29) is 17.9 Å². The first kappa shape index (κ1) is 16.7. The first-order chi connectivity index (χ1) is 10.9. The molecule has 1 aliphatic rings. The summed E-state index contributed by atoms with van der Waals surface area (Å²) >= 11 is 0. The highest BCUT2D eigenvalue weighted by Crippen LogP contribution is 2.33. The molecular formula is C17H15F3N2O. The van der Waals surface area contributed by atoms with Gasteiger partial charge >= 0.3 is 0 Å². The molecule has 6 heteroatoms. The average molecular weight is 320 g/mol. The van der Waals surface area contributed by atoms with Crippen molar-refractivity contribution in [2.24, 2.45) is 0 Å². The second kappa shape index (κ2) is 7.05. The first-order valence-electron chi connectivity index (χ1n) is 6.87. The van der Waals surface area contributed by atoms with E-state index in [4.69, 9.17) is 10.00 Å². The fourth-order valence-corrected chi connectivity index (χ4v) is 2.24. The van der Waals surface area contributed by atoms with Crippen molar-refractivity contribution in [2.45, 2.75) is 13.3 Å². The standard InChI is InChI=1S/C17H15F3N2O/c1-11-3-6-16(22(12(11)2)10-17(19)20)14-5-4-13(9-15(14)18)23-8-7-21/h3-6,9,17H,2,8,10H2,1H3. The van der Waals surface area contributed by atoms with E-state index in [2.05, 4.69) is 6.58 Å². The van der Waals surface area contributed by atoms with Gasteiger partial charge in [-0.05, 0) is 30.7 Å². The number of rotatable bonds is 5. The summed E-state index contributed by atoms with van der Waals surface area (Å²) in [6.07, 6.45) is 0.710. The van der Waals surface area contributed by atoms with E-state index in [1.54, 1.807) is 25.1 Å². The number of allylic oxidation sites excluding steroid dienone is 3. The zero-order valence-corrected chi connectivity index (χ0v) is 12.5. The van der Waals surface area contributed by atoms with Gasteiger partial charge < -0.3 is 9.64 Å². The Labute approximate surface area is 132 Å². The maximum Gasteiger partial charge on any atom is 0.256 e. The molecule has 0 fully saturated rings. The van der Waals surface area contributed by atoms with Crippen molar-refractivity contribution < 1.29 is 17.9 Å². The average Bonchev–Trinajstić information content (AvgIpc) is 2.50. The van der Waals surface area contributed by atoms with Crippen LogP contribution in [-0.2, 0) is 0 Å². The van der Waals surface area contributed by atoms with E-state index in [1.165, 1.54) is 17.0 Å². The van der Waals surface area contributed by atoms with Gasteiger partial charge in [-0.2, -0.15) is 5.26 Å². The molecule has 0 spiro atoms. The van der Waals surface area contributed by atoms with Crippen LogP contribution in [0.3, 0.4) is 0 Å². The fraction of sp³-hybridized carbons (Fsp3) is 0.235. The lowest BCUT2D eigenvalue weighted by atomic mass is 10.0. The Morgan fingerprint density at radius 1 is 1.35 bits per heavy atom. The molecule has 120 valence electrons. The minimum Gasteiger partial charge on any atom is -0.479 e. The van der Waals surface area contributed by atoms with E-state index in [0.29, 0.717) is 11.4 Å². The molecule has 0 aromatic heterocycles. The van der Waals surface area contributed by atoms with Crippen LogP contribution in [0.5, 0.6) is 5.75 Å². The van der Waals surface area contributed by atoms with Gasteiger partial charge in [0, 0.05) is 17.3 Å². The Hall–Kier alpha value is -2.68. The highest BCUT2D eigenvalue weighted by atomic mass is 19.3. The van der Waals surface area contributed by atoms with Crippen LogP contribution < -0.4 is 4.74 Å². The number of nitrogens with zero attached hydrogens (tertiary/aromatic N) is 2. The van der Waals surface area contributed by atoms with Crippen LogP contribution in [-0.4, -0.2) is 24.5 Å². The Kier molecular flexibility index (Phi) is 5.12. The molecule has 0 aliphatic carbocycles. The molecule has 1 aromatic rings. The summed E-state index contributed by atoms with van der Waals surface area (Å²) in [5.74, 6) is -0.415. The Bertz CT molecular complexity index is 717. The molecule has 2 rings (SSSR count). The largest absolute Gasteiger partial charge is 0.479 e. The number of hydrogen-bond acceptors (Lipinski definition) is 3. The summed E-state index contributed by atoms with van der Waals surface area (Å²) < 4.78 is 45.0. The lowest BCUT2D eigenvalue weighted by Gasteiger charge is -2.32. The molecule has 0 atom stereocenters. The molecule has 0 amide bonds. The van der Waals surface area contributed by atoms with Gasteiger partial charge in [-0.15, -0.1) is 0 Å². The summed E-state index contributed by atoms with van der Waals surface area (Å²) in [6, 6.07) is 5.84. The van der Waals surface area contributed by atoms with Crippen LogP contribution in [0.4, 0.5) is 13.2 Å². The SMILES string of the molecule is C=C1C(C)=CC=C(c2ccc(OCC#N)cc2F)N1CC(F)F. The third-order valence-electron chi connectivity index (χ3n) is 3.40. The predicted octanol–water partition coefficient (Wildman–Crippen LogP) is 4.11. The lowest BCUT2D eigenvalue weighted by molar-refractivity contribution is 0.123. The summed E-state index contributed by atoms with van der Waals surface area (Å²) in [5, 5.41) is 8.46. The van der Waals surface area contributed by atoms with Crippen LogP contribution in [0.2, 0.25) is 0 Å². The maximum absolute atomic E-state index is 14.3. The normalized spacial score (nSPS) is 14.4. The minimum atomic E-state index is -2.58. The highest BCUT2D eigenvalue weighted by Gasteiger charge is 2.24. The molecule has 0 saturated carbocycles. The van der Waals surface area contributed by atoms with Crippen molar-refractivity contribution >= 4 is 5.70 Å². The zero-order valence-electron chi connectivity index (χ0n) is 12.5. The molecule has 0 saturated heterocycles. The van der Waals surface area contributed by atoms with Crippen LogP contribution in [0, 0.1) is 17.1 Å². The van der Waals surface area contributed by atoms with Crippen molar-refractivity contribution in [3.05, 3.63) is 59.6 Å². The molecule has 3 nitrogen and oxygen atoms in total. The summed E-state index contributed by atoms with van der Waals surface area (Å²) in [6.45, 7) is 4.78. The summed E-state index contributed by atoms with van der Waals surface area (Å²) in [7, 11) is 0. The van der Waals surface area contributed by atoms with Crippen LogP contribution in [0.25, 0.3) is 5.70 Å². The smallest absolute Gasteiger partial charge is 0.256 e. The number of benzene rings is 1. The van der Waals surface area contributed by atoms with E-state index in [9.17, 15) is 13.2 Å². The number of alkyl halides is 2. The lowest BCUT2D eigenvalue weighted by Crippen LogP contribution is -2.29. The third kappa shape index (κ3) is 3.75. The van der Waals surface area contributed by atoms with Gasteiger partial charge in [0.05, 0.1) is 12.2 Å². The highest BCUT2D eigenvalue weighted by molar-refractivity contribution is 5.71. The summed E-state index contributed by atoms with van der Waals surface area (Å²) in [4.78, 5) is 1.30. The number of hydrogen-bond donors (Lipinski definition) is 0. The van der Waals surface area contributed by atoms with E-state index < -0.39 is 18.8 Å². The number of ether oxygens (including phenoxy) is 1. The van der Waals surface area contributed by atoms with Gasteiger partial charge in [-0.25, -0.2) is 13.2 Å². The monoisotopic (exact) mass is 320 g/mol. The van der Waals surface area contributed by atoms with Gasteiger partial charge in [0.1, 0.15) is 17.6 Å². The van der Waals surface area contributed by atoms with Crippen LogP contribution >= 0.6 is 0 Å². The van der Waals surface area contributed by atoms with Crippen molar-refractivity contribution in [3.63, 3.8) is 0 Å². The third-order valence-corrected chi connectivity index (χ3v) is 3.40. The predicted molar refractivity (Wildman–Crippen MR) is 81.1 cm³/mol. The van der Waals surface area contributed by atoms with Crippen LogP contribution in [0.1, 0.15) is 12.5 Å². The van der Waals surface area contributed by atoms with Crippen molar-refractivity contribution in [1.82, 2.24) is 4.90 Å². The van der Waals surface area contributed by atoms with Gasteiger partial charge in [-0.3, -0.25) is 0 Å². The second-order valence-corrected chi connectivity index (χ2v) is 4.94. The molecule has 0 bridgehead atoms. The zero-order chi connectivity index (χ0) is 17.0. The molecule has 0 radical (unpaired) electrons. The van der Waals surface area contributed by atoms with Gasteiger partial charge in [0.25, 0.3) is 6.43 Å². The molecule has 1 aromatic carbocycles. The molecular weight excluding hydrogens is 305 g/mol. The topological polar surface area (TPSA) is 36.3 Å². The Balaban J connectivity index is 2.38. The Morgan fingerprint density at radius 2 is 2.09 bits per heavy atom. The van der Waals surface area contributed by atoms with E-state index >= 15 is 0 Å². The van der Waals surface area contributed by atoms with Gasteiger partial charge in [-0.1, -0.05) is 12.7 Å². The van der Waals surface area contributed by atoms with Gasteiger partial charge in [0.15, 0.2) is 6.61 Å². The Morgan fingerprint density at radius 3 is 2.70 bits per heavy atom. The van der Waals surface area contributed by atoms with E-state index in [1.807, 2.05) is 0 Å². The molecule has 0 unspecified atom stereocenters. The van der Waals surface area contributed by atoms with Crippen molar-refractivity contribution in [1.29, 1.82) is 5.26 Å². The first-order valence-corrected chi connectivity index (χ1v) is 6.87. The quantitative estimate of drug-likeness (QED) is 0.819. The maximum atomic E-state index is 14.3. The van der Waals surface area contributed by atoms with Gasteiger partial charge in [0.2, 0.25) is 0 Å². The number of nitriles is 1. The van der Waals surface area contributed by atoms with Crippen molar-refractivity contribution in [2.75, 3.05) is 13.2 Å². The van der Waals surface area contributed by atoms with E-state index in [0.717, 1.165) is 11.6 Å². The molecule has 0 N–H and O–H groups in total. The fourth-order valence-electron chi connectivity index (χ4n) is 2.24.